The van der Waals surface area contributed by atoms with E-state index in [2.05, 4.69) is 12.1 Å². The molecule has 1 fully saturated rings. The molecule has 33 heavy (non-hydrogen) atoms. The van der Waals surface area contributed by atoms with Crippen LogP contribution in [0.2, 0.25) is 5.02 Å². The van der Waals surface area contributed by atoms with Gasteiger partial charge in [0.05, 0.1) is 18.2 Å². The average molecular weight is 454 g/mol. The van der Waals surface area contributed by atoms with Crippen LogP contribution in [0.4, 0.5) is 10.1 Å². The number of halogens is 2. The number of rotatable bonds is 3. The molecule has 0 bridgehead atoms. The Labute approximate surface area is 195 Å². The van der Waals surface area contributed by atoms with Gasteiger partial charge in [0.2, 0.25) is 0 Å². The van der Waals surface area contributed by atoms with E-state index >= 15 is 0 Å². The van der Waals surface area contributed by atoms with Gasteiger partial charge in [-0.15, -0.1) is 0 Å². The summed E-state index contributed by atoms with van der Waals surface area (Å²) in [4.78, 5) is 15.8. The smallest absolute Gasteiger partial charge is 0.185 e. The number of carbonyl (C=O) groups is 1. The van der Waals surface area contributed by atoms with E-state index in [4.69, 9.17) is 11.6 Å². The van der Waals surface area contributed by atoms with Crippen LogP contribution in [0.3, 0.4) is 0 Å². The lowest BCUT2D eigenvalue weighted by atomic mass is 9.69. The third kappa shape index (κ3) is 3.13. The van der Waals surface area contributed by atoms with Crippen LogP contribution in [-0.4, -0.2) is 17.9 Å². The number of carbonyl (C=O) groups excluding carboxylic acids is 1. The highest BCUT2D eigenvalue weighted by Gasteiger charge is 2.63. The van der Waals surface area contributed by atoms with Gasteiger partial charge >= 0.3 is 0 Å². The third-order valence-electron chi connectivity index (χ3n) is 6.54. The van der Waals surface area contributed by atoms with Crippen molar-refractivity contribution >= 4 is 29.1 Å². The van der Waals surface area contributed by atoms with Crippen molar-refractivity contribution in [2.24, 2.45) is 5.41 Å². The molecule has 3 atom stereocenters. The molecule has 2 heterocycles. The lowest BCUT2D eigenvalue weighted by molar-refractivity contribution is 0.0951. The van der Waals surface area contributed by atoms with Crippen LogP contribution in [0.5, 0.6) is 0 Å². The summed E-state index contributed by atoms with van der Waals surface area (Å²) in [6.45, 7) is 0. The van der Waals surface area contributed by atoms with Crippen LogP contribution < -0.4 is 4.90 Å². The molecule has 160 valence electrons. The quantitative estimate of drug-likeness (QED) is 0.472. The van der Waals surface area contributed by atoms with E-state index in [0.29, 0.717) is 16.1 Å². The van der Waals surface area contributed by atoms with Gasteiger partial charge in [0, 0.05) is 22.2 Å². The first-order valence-corrected chi connectivity index (χ1v) is 10.8. The van der Waals surface area contributed by atoms with Gasteiger partial charge in [-0.1, -0.05) is 54.1 Å². The highest BCUT2D eigenvalue weighted by atomic mass is 35.5. The number of Topliss-reactive ketones (excluding diaryl/α,β-unsaturated/α-hetero) is 1. The summed E-state index contributed by atoms with van der Waals surface area (Å²) in [5.41, 5.74) is 1.13. The van der Waals surface area contributed by atoms with Crippen molar-refractivity contribution in [3.63, 3.8) is 0 Å². The van der Waals surface area contributed by atoms with Crippen molar-refractivity contribution in [2.45, 2.75) is 18.0 Å². The highest BCUT2D eigenvalue weighted by molar-refractivity contribution is 6.30. The number of anilines is 1. The van der Waals surface area contributed by atoms with Crippen LogP contribution in [0.1, 0.15) is 27.4 Å². The minimum absolute atomic E-state index is 0.280. The monoisotopic (exact) mass is 453 g/mol. The molecule has 0 N–H and O–H groups in total. The molecule has 3 aromatic rings. The van der Waals surface area contributed by atoms with E-state index in [9.17, 15) is 19.7 Å². The van der Waals surface area contributed by atoms with Crippen LogP contribution in [0.15, 0.2) is 78.9 Å². The summed E-state index contributed by atoms with van der Waals surface area (Å²) in [6, 6.07) is 22.9. The zero-order valence-corrected chi connectivity index (χ0v) is 18.1. The van der Waals surface area contributed by atoms with Gasteiger partial charge in [0.15, 0.2) is 11.2 Å². The normalized spacial score (nSPS) is 22.1. The van der Waals surface area contributed by atoms with Gasteiger partial charge in [-0.05, 0) is 53.6 Å². The highest BCUT2D eigenvalue weighted by Crippen LogP contribution is 2.55. The minimum atomic E-state index is -1.53. The topological polar surface area (TPSA) is 67.9 Å². The SMILES string of the molecule is N#CC1(C#N)[C@H](c2ccc(Cl)cc2)[C@H](C(=O)c2ccc(F)cc2)N2c3ccccc3C=C[C@H]21. The van der Waals surface area contributed by atoms with E-state index in [0.717, 1.165) is 11.3 Å². The number of ketones is 1. The number of nitrogens with zero attached hydrogens (tertiary/aromatic N) is 3. The summed E-state index contributed by atoms with van der Waals surface area (Å²) in [6.07, 6.45) is 3.72. The van der Waals surface area contributed by atoms with Crippen LogP contribution >= 0.6 is 11.6 Å². The fraction of sp³-hybridized carbons (Fsp3) is 0.148. The maximum absolute atomic E-state index is 14.0. The van der Waals surface area contributed by atoms with E-state index in [1.807, 2.05) is 41.3 Å². The number of para-hydroxylation sites is 1. The van der Waals surface area contributed by atoms with Crippen LogP contribution in [0.25, 0.3) is 6.08 Å². The Hall–Kier alpha value is -3.93. The van der Waals surface area contributed by atoms with Gasteiger partial charge < -0.3 is 4.90 Å². The molecule has 2 aliphatic heterocycles. The predicted molar refractivity (Wildman–Crippen MR) is 124 cm³/mol. The first-order valence-electron chi connectivity index (χ1n) is 10.4. The van der Waals surface area contributed by atoms with Crippen molar-refractivity contribution in [1.82, 2.24) is 0 Å². The fourth-order valence-electron chi connectivity index (χ4n) is 5.06. The van der Waals surface area contributed by atoms with E-state index in [-0.39, 0.29) is 5.78 Å². The average Bonchev–Trinajstić information content (AvgIpc) is 3.15. The Morgan fingerprint density at radius 1 is 0.970 bits per heavy atom. The summed E-state index contributed by atoms with van der Waals surface area (Å²) < 4.78 is 13.6. The summed E-state index contributed by atoms with van der Waals surface area (Å²) in [5, 5.41) is 21.3. The molecular formula is C27H17ClFN3O. The maximum atomic E-state index is 14.0. The molecule has 0 aliphatic carbocycles. The van der Waals surface area contributed by atoms with Crippen LogP contribution in [0, 0.1) is 33.9 Å². The zero-order chi connectivity index (χ0) is 23.2. The third-order valence-corrected chi connectivity index (χ3v) is 6.79. The Balaban J connectivity index is 1.78. The van der Waals surface area contributed by atoms with Gasteiger partial charge in [-0.2, -0.15) is 10.5 Å². The maximum Gasteiger partial charge on any atom is 0.185 e. The van der Waals surface area contributed by atoms with Gasteiger partial charge in [0.1, 0.15) is 11.9 Å². The zero-order valence-electron chi connectivity index (χ0n) is 17.3. The molecular weight excluding hydrogens is 437 g/mol. The largest absolute Gasteiger partial charge is 0.351 e. The second-order valence-electron chi connectivity index (χ2n) is 8.21. The number of nitriles is 2. The lowest BCUT2D eigenvalue weighted by Crippen LogP contribution is -2.44. The Morgan fingerprint density at radius 2 is 1.64 bits per heavy atom. The molecule has 0 aromatic heterocycles. The first kappa shape index (κ1) is 20.9. The number of hydrogen-bond donors (Lipinski definition) is 0. The molecule has 3 aromatic carbocycles. The van der Waals surface area contributed by atoms with Gasteiger partial charge in [-0.3, -0.25) is 4.79 Å². The Kier molecular flexibility index (Phi) is 5.01. The van der Waals surface area contributed by atoms with Crippen LogP contribution in [-0.2, 0) is 0 Å². The van der Waals surface area contributed by atoms with Crippen molar-refractivity contribution in [1.29, 1.82) is 10.5 Å². The summed E-state index contributed by atoms with van der Waals surface area (Å²) in [7, 11) is 0. The van der Waals surface area contributed by atoms with Crippen molar-refractivity contribution < 1.29 is 9.18 Å². The molecule has 4 nitrogen and oxygen atoms in total. The molecule has 2 aliphatic rings. The van der Waals surface area contributed by atoms with E-state index < -0.39 is 29.2 Å². The molecule has 5 rings (SSSR count). The first-order chi connectivity index (χ1) is 16.0. The Morgan fingerprint density at radius 3 is 2.30 bits per heavy atom. The second-order valence-corrected chi connectivity index (χ2v) is 8.64. The number of benzene rings is 3. The van der Waals surface area contributed by atoms with Gasteiger partial charge in [0.25, 0.3) is 0 Å². The molecule has 1 saturated heterocycles. The predicted octanol–water partition coefficient (Wildman–Crippen LogP) is 5.76. The number of hydrogen-bond acceptors (Lipinski definition) is 4. The molecule has 6 heteroatoms. The molecule has 0 saturated carbocycles. The number of fused-ring (bicyclic) bond motifs is 3. The van der Waals surface area contributed by atoms with Crippen molar-refractivity contribution in [3.05, 3.63) is 106 Å². The second kappa shape index (κ2) is 7.89. The minimum Gasteiger partial charge on any atom is -0.351 e. The van der Waals surface area contributed by atoms with E-state index in [1.165, 1.54) is 24.3 Å². The molecule has 0 spiro atoms. The summed E-state index contributed by atoms with van der Waals surface area (Å²) >= 11 is 6.10. The fourth-order valence-corrected chi connectivity index (χ4v) is 5.19. The lowest BCUT2D eigenvalue weighted by Gasteiger charge is -2.35. The molecule has 0 unspecified atom stereocenters. The molecule has 0 radical (unpaired) electrons. The van der Waals surface area contributed by atoms with Crippen molar-refractivity contribution in [2.75, 3.05) is 4.90 Å². The summed E-state index contributed by atoms with van der Waals surface area (Å²) in [5.74, 6) is -1.49. The van der Waals surface area contributed by atoms with E-state index in [1.54, 1.807) is 24.3 Å². The van der Waals surface area contributed by atoms with Gasteiger partial charge in [-0.25, -0.2) is 4.39 Å². The molecule has 0 amide bonds. The van der Waals surface area contributed by atoms with Crippen molar-refractivity contribution in [3.8, 4) is 12.1 Å². The standard InChI is InChI=1S/C27H17ClFN3O/c28-20-10-5-18(6-11-20)24-25(26(33)19-7-12-21(29)13-8-19)32-22-4-2-1-3-17(22)9-14-23(32)27(24,15-30)16-31/h1-14,23-25H/t23-,24+,25+/m0/s1. The Bertz CT molecular complexity index is 1340.